The molecule has 0 aliphatic heterocycles. The molecule has 0 saturated heterocycles. The molecule has 0 fully saturated rings. The fraction of sp³-hybridized carbons (Fsp3) is 0.579. The van der Waals surface area contributed by atoms with E-state index in [1.54, 1.807) is 0 Å². The minimum Gasteiger partial charge on any atom is -0.481 e. The van der Waals surface area contributed by atoms with Gasteiger partial charge in [0.05, 0.1) is 10.6 Å². The summed E-state index contributed by atoms with van der Waals surface area (Å²) in [6.07, 6.45) is 5.89. The maximum absolute atomic E-state index is 12.7. The van der Waals surface area contributed by atoms with Crippen LogP contribution in [0.4, 0.5) is 0 Å². The summed E-state index contributed by atoms with van der Waals surface area (Å²) >= 11 is 0. The molecule has 1 aromatic carbocycles. The van der Waals surface area contributed by atoms with Crippen molar-refractivity contribution in [3.05, 3.63) is 28.8 Å². The average Bonchev–Trinajstić information content (AvgIpc) is 2.91. The van der Waals surface area contributed by atoms with E-state index in [-0.39, 0.29) is 29.3 Å². The number of carboxylic acid groups (broad SMARTS) is 1. The molecule has 0 spiro atoms. The first-order valence-electron chi connectivity index (χ1n) is 8.98. The third kappa shape index (κ3) is 5.14. The fourth-order valence-corrected chi connectivity index (χ4v) is 4.88. The summed E-state index contributed by atoms with van der Waals surface area (Å²) in [7, 11) is -3.59. The van der Waals surface area contributed by atoms with Gasteiger partial charge in [0.25, 0.3) is 0 Å². The minimum atomic E-state index is -3.59. The first kappa shape index (κ1) is 19.6. The molecule has 0 saturated carbocycles. The Morgan fingerprint density at radius 1 is 1.12 bits per heavy atom. The zero-order valence-corrected chi connectivity index (χ0v) is 15.5. The molecule has 1 aliphatic carbocycles. The normalized spacial score (nSPS) is 13.9. The number of fused-ring (bicyclic) bond motifs is 1. The summed E-state index contributed by atoms with van der Waals surface area (Å²) < 4.78 is 25.5. The number of unbranched alkanes of at least 4 members (excludes halogenated alkanes) is 3. The summed E-state index contributed by atoms with van der Waals surface area (Å²) in [4.78, 5) is 22.9. The van der Waals surface area contributed by atoms with Gasteiger partial charge in [-0.2, -0.15) is 0 Å². The number of carboxylic acids is 1. The first-order valence-corrected chi connectivity index (χ1v) is 10.6. The largest absolute Gasteiger partial charge is 0.481 e. The predicted molar refractivity (Wildman–Crippen MR) is 95.9 cm³/mol. The lowest BCUT2D eigenvalue weighted by Gasteiger charge is -2.13. The van der Waals surface area contributed by atoms with Crippen LogP contribution in [0.1, 0.15) is 73.4 Å². The van der Waals surface area contributed by atoms with Gasteiger partial charge in [0.2, 0.25) is 0 Å². The summed E-state index contributed by atoms with van der Waals surface area (Å²) in [6, 6.07) is 3.42. The van der Waals surface area contributed by atoms with Gasteiger partial charge in [0.15, 0.2) is 15.6 Å². The van der Waals surface area contributed by atoms with E-state index in [9.17, 15) is 18.0 Å². The Labute approximate surface area is 149 Å². The number of carbonyl (C=O) groups excluding carboxylic acids is 1. The van der Waals surface area contributed by atoms with Gasteiger partial charge in [0, 0.05) is 18.4 Å². The fourth-order valence-electron chi connectivity index (χ4n) is 3.28. The zero-order valence-electron chi connectivity index (χ0n) is 14.7. The molecule has 0 radical (unpaired) electrons. The van der Waals surface area contributed by atoms with Crippen LogP contribution in [-0.4, -0.2) is 31.0 Å². The van der Waals surface area contributed by atoms with Crippen molar-refractivity contribution in [3.8, 4) is 0 Å². The number of aliphatic carboxylic acids is 1. The summed E-state index contributed by atoms with van der Waals surface area (Å²) in [5.74, 6) is -1.21. The van der Waals surface area contributed by atoms with Gasteiger partial charge in [-0.25, -0.2) is 8.42 Å². The van der Waals surface area contributed by atoms with Gasteiger partial charge >= 0.3 is 5.97 Å². The van der Waals surface area contributed by atoms with Crippen LogP contribution in [-0.2, 0) is 27.5 Å². The molecular formula is C19H26O5S. The second kappa shape index (κ2) is 8.61. The smallest absolute Gasteiger partial charge is 0.303 e. The van der Waals surface area contributed by atoms with E-state index < -0.39 is 15.8 Å². The van der Waals surface area contributed by atoms with Crippen LogP contribution in [0.15, 0.2) is 17.0 Å². The Morgan fingerprint density at radius 2 is 1.88 bits per heavy atom. The van der Waals surface area contributed by atoms with Crippen molar-refractivity contribution < 1.29 is 23.1 Å². The lowest BCUT2D eigenvalue weighted by atomic mass is 10.0. The molecule has 0 unspecified atom stereocenters. The van der Waals surface area contributed by atoms with E-state index in [1.165, 1.54) is 6.07 Å². The van der Waals surface area contributed by atoms with Gasteiger partial charge in [-0.3, -0.25) is 9.59 Å². The van der Waals surface area contributed by atoms with Crippen molar-refractivity contribution in [2.24, 2.45) is 0 Å². The van der Waals surface area contributed by atoms with Gasteiger partial charge in [-0.05, 0) is 42.9 Å². The topological polar surface area (TPSA) is 88.5 Å². The molecule has 6 heteroatoms. The van der Waals surface area contributed by atoms with Crippen molar-refractivity contribution >= 4 is 21.6 Å². The molecule has 0 atom stereocenters. The zero-order chi connectivity index (χ0) is 18.4. The second-order valence-electron chi connectivity index (χ2n) is 6.67. The van der Waals surface area contributed by atoms with E-state index in [0.717, 1.165) is 36.8 Å². The molecule has 1 aliphatic rings. The Kier molecular flexibility index (Phi) is 6.76. The molecule has 0 heterocycles. The monoisotopic (exact) mass is 366 g/mol. The molecule has 0 aromatic heterocycles. The summed E-state index contributed by atoms with van der Waals surface area (Å²) in [5, 5.41) is 8.72. The molecule has 2 rings (SSSR count). The third-order valence-electron chi connectivity index (χ3n) is 4.65. The van der Waals surface area contributed by atoms with Gasteiger partial charge < -0.3 is 5.11 Å². The standard InChI is InChI=1S/C19H26O5S/c1-2-3-4-5-7-15-12-14-9-10-17(20)16(14)13-18(15)25(23,24)11-6-8-19(21)22/h12-13H,2-11H2,1H3,(H,21,22). The highest BCUT2D eigenvalue weighted by Gasteiger charge is 2.26. The second-order valence-corrected chi connectivity index (χ2v) is 8.74. The SMILES string of the molecule is CCCCCCc1cc2c(cc1S(=O)(=O)CCCC(=O)O)C(=O)CC2. The van der Waals surface area contributed by atoms with Crippen LogP contribution < -0.4 is 0 Å². The van der Waals surface area contributed by atoms with Crippen LogP contribution >= 0.6 is 0 Å². The van der Waals surface area contributed by atoms with Crippen molar-refractivity contribution in [2.45, 2.75) is 69.6 Å². The number of carbonyl (C=O) groups is 2. The van der Waals surface area contributed by atoms with Crippen LogP contribution in [0.2, 0.25) is 0 Å². The predicted octanol–water partition coefficient (Wildman–Crippen LogP) is 3.58. The highest BCUT2D eigenvalue weighted by molar-refractivity contribution is 7.91. The van der Waals surface area contributed by atoms with Crippen molar-refractivity contribution in [3.63, 3.8) is 0 Å². The number of hydrogen-bond donors (Lipinski definition) is 1. The average molecular weight is 366 g/mol. The van der Waals surface area contributed by atoms with Gasteiger partial charge in [0.1, 0.15) is 0 Å². The Hall–Kier alpha value is -1.69. The highest BCUT2D eigenvalue weighted by Crippen LogP contribution is 2.30. The first-order chi connectivity index (χ1) is 11.8. The Balaban J connectivity index is 2.27. The molecule has 1 aromatic rings. The molecule has 1 N–H and O–H groups in total. The van der Waals surface area contributed by atoms with E-state index in [4.69, 9.17) is 5.11 Å². The van der Waals surface area contributed by atoms with Crippen LogP contribution in [0.3, 0.4) is 0 Å². The molecule has 25 heavy (non-hydrogen) atoms. The van der Waals surface area contributed by atoms with Crippen molar-refractivity contribution in [1.82, 2.24) is 0 Å². The van der Waals surface area contributed by atoms with E-state index in [1.807, 2.05) is 6.07 Å². The Morgan fingerprint density at radius 3 is 2.56 bits per heavy atom. The number of rotatable bonds is 10. The summed E-state index contributed by atoms with van der Waals surface area (Å²) in [5.41, 5.74) is 2.24. The maximum Gasteiger partial charge on any atom is 0.303 e. The minimum absolute atomic E-state index is 0.00508. The summed E-state index contributed by atoms with van der Waals surface area (Å²) in [6.45, 7) is 2.12. The number of hydrogen-bond acceptors (Lipinski definition) is 4. The number of ketones is 1. The van der Waals surface area contributed by atoms with E-state index in [0.29, 0.717) is 24.8 Å². The van der Waals surface area contributed by atoms with Gasteiger partial charge in [-0.1, -0.05) is 32.3 Å². The third-order valence-corrected chi connectivity index (χ3v) is 6.52. The van der Waals surface area contributed by atoms with Crippen LogP contribution in [0.5, 0.6) is 0 Å². The maximum atomic E-state index is 12.7. The number of aryl methyl sites for hydroxylation is 2. The molecule has 138 valence electrons. The van der Waals surface area contributed by atoms with Crippen LogP contribution in [0.25, 0.3) is 0 Å². The number of benzene rings is 1. The van der Waals surface area contributed by atoms with E-state index >= 15 is 0 Å². The number of Topliss-reactive ketones (excluding diaryl/α,β-unsaturated/α-hetero) is 1. The van der Waals surface area contributed by atoms with E-state index in [2.05, 4.69) is 6.92 Å². The Bertz CT molecular complexity index is 749. The highest BCUT2D eigenvalue weighted by atomic mass is 32.2. The molecule has 0 amide bonds. The van der Waals surface area contributed by atoms with Crippen molar-refractivity contribution in [2.75, 3.05) is 5.75 Å². The molecule has 0 bridgehead atoms. The lowest BCUT2D eigenvalue weighted by Crippen LogP contribution is -2.12. The number of sulfone groups is 1. The van der Waals surface area contributed by atoms with Crippen molar-refractivity contribution in [1.29, 1.82) is 0 Å². The molecular weight excluding hydrogens is 340 g/mol. The quantitative estimate of drug-likeness (QED) is 0.639. The van der Waals surface area contributed by atoms with Gasteiger partial charge in [-0.15, -0.1) is 0 Å². The molecule has 5 nitrogen and oxygen atoms in total. The lowest BCUT2D eigenvalue weighted by molar-refractivity contribution is -0.137. The van der Waals surface area contributed by atoms with Crippen LogP contribution in [0, 0.1) is 0 Å².